The van der Waals surface area contributed by atoms with Crippen LogP contribution in [-0.2, 0) is 0 Å². The lowest BCUT2D eigenvalue weighted by Gasteiger charge is -2.22. The summed E-state index contributed by atoms with van der Waals surface area (Å²) in [4.78, 5) is 0. The van der Waals surface area contributed by atoms with Crippen molar-refractivity contribution in [1.82, 2.24) is 0 Å². The first kappa shape index (κ1) is 13.5. The van der Waals surface area contributed by atoms with Gasteiger partial charge in [-0.1, -0.05) is 33.8 Å². The summed E-state index contributed by atoms with van der Waals surface area (Å²) < 4.78 is 37.0. The molecule has 0 heterocycles. The monoisotopic (exact) mass is 208 g/mol. The quantitative estimate of drug-likeness (QED) is 0.581. The lowest BCUT2D eigenvalue weighted by atomic mass is 9.87. The van der Waals surface area contributed by atoms with Crippen LogP contribution >= 0.6 is 0 Å². The Morgan fingerprint density at radius 3 is 2.00 bits per heavy atom. The normalized spacial score (nSPS) is 16.4. The van der Waals surface area contributed by atoms with Crippen molar-refractivity contribution in [3.8, 4) is 0 Å². The highest BCUT2D eigenvalue weighted by Crippen LogP contribution is 2.35. The molecule has 0 saturated heterocycles. The summed E-state index contributed by atoms with van der Waals surface area (Å²) in [7, 11) is 0. The van der Waals surface area contributed by atoms with Crippen LogP contribution in [0, 0.1) is 11.8 Å². The van der Waals surface area contributed by atoms with Crippen LogP contribution in [0.1, 0.15) is 40.0 Å². The van der Waals surface area contributed by atoms with Gasteiger partial charge in [-0.25, -0.2) is 0 Å². The minimum Gasteiger partial charge on any atom is -0.166 e. The molecule has 0 aliphatic rings. The summed E-state index contributed by atoms with van der Waals surface area (Å²) in [5.41, 5.74) is -0.569. The average Bonchev–Trinajstić information content (AvgIpc) is 2.11. The molecule has 0 aromatic carbocycles. The van der Waals surface area contributed by atoms with Gasteiger partial charge >= 0.3 is 6.18 Å². The molecule has 0 saturated carbocycles. The van der Waals surface area contributed by atoms with E-state index in [1.807, 2.05) is 13.8 Å². The molecule has 0 aliphatic heterocycles. The van der Waals surface area contributed by atoms with Crippen LogP contribution < -0.4 is 0 Å². The first-order valence-electron chi connectivity index (χ1n) is 5.08. The molecule has 0 spiro atoms. The number of rotatable bonds is 5. The van der Waals surface area contributed by atoms with Gasteiger partial charge < -0.3 is 0 Å². The third-order valence-corrected chi connectivity index (χ3v) is 2.73. The molecule has 0 nitrogen and oxygen atoms in total. The van der Waals surface area contributed by atoms with E-state index in [4.69, 9.17) is 0 Å². The summed E-state index contributed by atoms with van der Waals surface area (Å²) in [5.74, 6) is -0.0796. The Balaban J connectivity index is 4.35. The van der Waals surface area contributed by atoms with Crippen LogP contribution in [0.2, 0.25) is 0 Å². The zero-order chi connectivity index (χ0) is 11.4. The second kappa shape index (κ2) is 5.42. The average molecular weight is 208 g/mol. The number of alkyl halides is 3. The van der Waals surface area contributed by atoms with E-state index in [2.05, 4.69) is 6.58 Å². The molecular weight excluding hydrogens is 189 g/mol. The van der Waals surface area contributed by atoms with Crippen molar-refractivity contribution in [1.29, 1.82) is 0 Å². The van der Waals surface area contributed by atoms with E-state index in [1.165, 1.54) is 0 Å². The summed E-state index contributed by atoms with van der Waals surface area (Å²) in [5, 5.41) is 0. The molecule has 0 aliphatic carbocycles. The number of allylic oxidation sites excluding steroid dienone is 1. The highest BCUT2D eigenvalue weighted by molar-refractivity contribution is 5.07. The first-order chi connectivity index (χ1) is 6.32. The maximum absolute atomic E-state index is 12.3. The maximum Gasteiger partial charge on any atom is 0.412 e. The van der Waals surface area contributed by atoms with Crippen molar-refractivity contribution in [3.63, 3.8) is 0 Å². The summed E-state index contributed by atoms with van der Waals surface area (Å²) in [6, 6.07) is 0. The predicted octanol–water partition coefficient (Wildman–Crippen LogP) is 4.57. The standard InChI is InChI=1S/C11H19F3/c1-5-8(3)7-10(6-2)9(4)11(12,13)14/h8,10H,4-7H2,1-3H3. The fraction of sp³-hybridized carbons (Fsp3) is 0.818. The molecule has 0 aromatic rings. The molecule has 14 heavy (non-hydrogen) atoms. The Hall–Kier alpha value is -0.470. The molecule has 0 radical (unpaired) electrons. The van der Waals surface area contributed by atoms with Gasteiger partial charge in [0, 0.05) is 5.57 Å². The van der Waals surface area contributed by atoms with E-state index < -0.39 is 17.7 Å². The zero-order valence-corrected chi connectivity index (χ0v) is 9.12. The van der Waals surface area contributed by atoms with Gasteiger partial charge in [-0.15, -0.1) is 0 Å². The molecule has 84 valence electrons. The third-order valence-electron chi connectivity index (χ3n) is 2.73. The zero-order valence-electron chi connectivity index (χ0n) is 9.12. The summed E-state index contributed by atoms with van der Waals surface area (Å²) in [6.45, 7) is 8.91. The molecule has 0 aromatic heterocycles. The molecule has 0 fully saturated rings. The number of halogens is 3. The van der Waals surface area contributed by atoms with Gasteiger partial charge in [-0.05, 0) is 24.7 Å². The van der Waals surface area contributed by atoms with E-state index in [0.717, 1.165) is 6.42 Å². The predicted molar refractivity (Wildman–Crippen MR) is 53.0 cm³/mol. The van der Waals surface area contributed by atoms with Gasteiger partial charge in [-0.2, -0.15) is 13.2 Å². The van der Waals surface area contributed by atoms with E-state index in [1.54, 1.807) is 6.92 Å². The first-order valence-corrected chi connectivity index (χ1v) is 5.08. The van der Waals surface area contributed by atoms with Crippen molar-refractivity contribution in [2.24, 2.45) is 11.8 Å². The maximum atomic E-state index is 12.3. The van der Waals surface area contributed by atoms with Crippen LogP contribution in [0.5, 0.6) is 0 Å². The van der Waals surface area contributed by atoms with Crippen molar-refractivity contribution < 1.29 is 13.2 Å². The largest absolute Gasteiger partial charge is 0.412 e. The Bertz CT molecular complexity index is 181. The Kier molecular flexibility index (Phi) is 5.24. The molecule has 3 heteroatoms. The highest BCUT2D eigenvalue weighted by Gasteiger charge is 2.36. The number of hydrogen-bond acceptors (Lipinski definition) is 0. The number of hydrogen-bond donors (Lipinski definition) is 0. The van der Waals surface area contributed by atoms with Crippen LogP contribution in [0.15, 0.2) is 12.2 Å². The van der Waals surface area contributed by atoms with Crippen LogP contribution in [-0.4, -0.2) is 6.18 Å². The Morgan fingerprint density at radius 2 is 1.71 bits per heavy atom. The van der Waals surface area contributed by atoms with E-state index in [9.17, 15) is 13.2 Å². The topological polar surface area (TPSA) is 0 Å². The summed E-state index contributed by atoms with van der Waals surface area (Å²) in [6.07, 6.45) is -2.20. The summed E-state index contributed by atoms with van der Waals surface area (Å²) >= 11 is 0. The van der Waals surface area contributed by atoms with Crippen molar-refractivity contribution in [2.45, 2.75) is 46.2 Å². The lowest BCUT2D eigenvalue weighted by Crippen LogP contribution is -2.20. The lowest BCUT2D eigenvalue weighted by molar-refractivity contribution is -0.0995. The van der Waals surface area contributed by atoms with E-state index in [-0.39, 0.29) is 0 Å². The van der Waals surface area contributed by atoms with Gasteiger partial charge in [0.2, 0.25) is 0 Å². The molecule has 0 N–H and O–H groups in total. The molecule has 2 atom stereocenters. The fourth-order valence-electron chi connectivity index (χ4n) is 1.44. The van der Waals surface area contributed by atoms with Crippen LogP contribution in [0.25, 0.3) is 0 Å². The van der Waals surface area contributed by atoms with Gasteiger partial charge in [0.1, 0.15) is 0 Å². The van der Waals surface area contributed by atoms with Crippen LogP contribution in [0.3, 0.4) is 0 Å². The fourth-order valence-corrected chi connectivity index (χ4v) is 1.44. The Morgan fingerprint density at radius 1 is 1.21 bits per heavy atom. The minimum atomic E-state index is -4.23. The molecule has 0 rings (SSSR count). The van der Waals surface area contributed by atoms with E-state index >= 15 is 0 Å². The van der Waals surface area contributed by atoms with Gasteiger partial charge in [0.25, 0.3) is 0 Å². The van der Waals surface area contributed by atoms with Gasteiger partial charge in [0.05, 0.1) is 0 Å². The van der Waals surface area contributed by atoms with Crippen molar-refractivity contribution >= 4 is 0 Å². The Labute approximate surface area is 84.2 Å². The smallest absolute Gasteiger partial charge is 0.166 e. The van der Waals surface area contributed by atoms with Crippen molar-refractivity contribution in [3.05, 3.63) is 12.2 Å². The van der Waals surface area contributed by atoms with Crippen LogP contribution in [0.4, 0.5) is 13.2 Å². The van der Waals surface area contributed by atoms with Crippen molar-refractivity contribution in [2.75, 3.05) is 0 Å². The minimum absolute atomic E-state index is 0.332. The highest BCUT2D eigenvalue weighted by atomic mass is 19.4. The van der Waals surface area contributed by atoms with Gasteiger partial charge in [-0.3, -0.25) is 0 Å². The third kappa shape index (κ3) is 4.16. The van der Waals surface area contributed by atoms with Gasteiger partial charge in [0.15, 0.2) is 0 Å². The molecule has 0 bridgehead atoms. The molecule has 0 amide bonds. The SMILES string of the molecule is C=C(C(CC)CC(C)CC)C(F)(F)F. The second-order valence-electron chi connectivity index (χ2n) is 3.88. The molecule has 2 unspecified atom stereocenters. The molecular formula is C11H19F3. The van der Waals surface area contributed by atoms with E-state index in [0.29, 0.717) is 18.8 Å². The second-order valence-corrected chi connectivity index (χ2v) is 3.88.